The summed E-state index contributed by atoms with van der Waals surface area (Å²) in [5, 5.41) is 0. The molecule has 2 N–H and O–H groups in total. The van der Waals surface area contributed by atoms with Crippen LogP contribution in [0.25, 0.3) is 0 Å². The molecule has 0 heterocycles. The van der Waals surface area contributed by atoms with Crippen LogP contribution in [0.2, 0.25) is 12.1 Å². The first-order valence-corrected chi connectivity index (χ1v) is 10.5. The number of unbranched alkanes of at least 4 members (excludes halogenated alkanes) is 6. The summed E-state index contributed by atoms with van der Waals surface area (Å²) in [7, 11) is -1.87. The van der Waals surface area contributed by atoms with Crippen LogP contribution in [-0.4, -0.2) is 28.3 Å². The topological polar surface area (TPSA) is 44.5 Å². The Hall–Kier alpha value is 0.0969. The second kappa shape index (κ2) is 13.1. The van der Waals surface area contributed by atoms with E-state index in [9.17, 15) is 0 Å². The summed E-state index contributed by atoms with van der Waals surface area (Å²) < 4.78 is 12.0. The van der Waals surface area contributed by atoms with Gasteiger partial charge >= 0.3 is 8.56 Å². The quantitative estimate of drug-likeness (QED) is 0.385. The summed E-state index contributed by atoms with van der Waals surface area (Å²) in [5.74, 6) is 0. The average Bonchev–Trinajstić information content (AvgIpc) is 2.42. The largest absolute Gasteiger partial charge is 0.394 e. The summed E-state index contributed by atoms with van der Waals surface area (Å²) in [4.78, 5) is 0. The van der Waals surface area contributed by atoms with Crippen LogP contribution < -0.4 is 5.73 Å². The summed E-state index contributed by atoms with van der Waals surface area (Å²) in [5.41, 5.74) is 5.49. The van der Waals surface area contributed by atoms with Crippen LogP contribution in [0.15, 0.2) is 0 Å². The Labute approximate surface area is 121 Å². The SMILES string of the molecule is CCO[Si](CC)(CCCCCCCCCN)OCC. The van der Waals surface area contributed by atoms with E-state index in [1.54, 1.807) is 0 Å². The van der Waals surface area contributed by atoms with E-state index in [1.807, 2.05) is 0 Å². The fourth-order valence-electron chi connectivity index (χ4n) is 2.52. The van der Waals surface area contributed by atoms with Crippen LogP contribution in [0.4, 0.5) is 0 Å². The summed E-state index contributed by atoms with van der Waals surface area (Å²) in [6.45, 7) is 8.79. The number of hydrogen-bond donors (Lipinski definition) is 1. The molecule has 0 bridgehead atoms. The maximum absolute atomic E-state index is 5.98. The predicted octanol–water partition coefficient (Wildman–Crippen LogP) is 4.21. The summed E-state index contributed by atoms with van der Waals surface area (Å²) >= 11 is 0. The Kier molecular flexibility index (Phi) is 13.2. The third-order valence-electron chi connectivity index (χ3n) is 3.62. The highest BCUT2D eigenvalue weighted by molar-refractivity contribution is 6.67. The van der Waals surface area contributed by atoms with Gasteiger partial charge in [-0.25, -0.2) is 0 Å². The van der Waals surface area contributed by atoms with Gasteiger partial charge in [0.25, 0.3) is 0 Å². The molecule has 0 aromatic rings. The molecule has 0 saturated heterocycles. The smallest absolute Gasteiger partial charge is 0.337 e. The van der Waals surface area contributed by atoms with Crippen molar-refractivity contribution in [2.24, 2.45) is 5.73 Å². The van der Waals surface area contributed by atoms with Gasteiger partial charge in [0.05, 0.1) is 0 Å². The van der Waals surface area contributed by atoms with E-state index in [2.05, 4.69) is 20.8 Å². The molecule has 0 aliphatic heterocycles. The molecule has 0 aliphatic rings. The van der Waals surface area contributed by atoms with E-state index in [0.717, 1.165) is 31.8 Å². The molecule has 0 unspecified atom stereocenters. The predicted molar refractivity (Wildman–Crippen MR) is 85.7 cm³/mol. The Balaban J connectivity index is 3.68. The first kappa shape index (κ1) is 19.1. The van der Waals surface area contributed by atoms with Gasteiger partial charge < -0.3 is 14.6 Å². The van der Waals surface area contributed by atoms with Gasteiger partial charge in [0, 0.05) is 13.2 Å². The Morgan fingerprint density at radius 3 is 1.63 bits per heavy atom. The monoisotopic (exact) mass is 289 g/mol. The molecule has 0 fully saturated rings. The zero-order valence-corrected chi connectivity index (χ0v) is 14.4. The zero-order valence-electron chi connectivity index (χ0n) is 13.4. The third-order valence-corrected chi connectivity index (χ3v) is 7.44. The lowest BCUT2D eigenvalue weighted by atomic mass is 10.1. The molecule has 0 atom stereocenters. The zero-order chi connectivity index (χ0) is 14.4. The Bertz CT molecular complexity index is 185. The molecule has 0 spiro atoms. The molecular formula is C15H35NO2Si. The standard InChI is InChI=1S/C15H35NO2Si/c1-4-17-19(6-3,18-5-2)15-13-11-9-7-8-10-12-14-16/h4-16H2,1-3H3. The molecule has 19 heavy (non-hydrogen) atoms. The maximum atomic E-state index is 5.98. The van der Waals surface area contributed by atoms with Crippen molar-refractivity contribution in [3.05, 3.63) is 0 Å². The van der Waals surface area contributed by atoms with E-state index in [1.165, 1.54) is 44.9 Å². The molecular weight excluding hydrogens is 254 g/mol. The van der Waals surface area contributed by atoms with Gasteiger partial charge in [0.15, 0.2) is 0 Å². The van der Waals surface area contributed by atoms with Gasteiger partial charge in [-0.15, -0.1) is 0 Å². The van der Waals surface area contributed by atoms with Crippen molar-refractivity contribution in [3.63, 3.8) is 0 Å². The number of hydrogen-bond acceptors (Lipinski definition) is 3. The van der Waals surface area contributed by atoms with Crippen LogP contribution in [0.1, 0.15) is 65.7 Å². The minimum absolute atomic E-state index is 0.791. The minimum Gasteiger partial charge on any atom is -0.394 e. The van der Waals surface area contributed by atoms with E-state index < -0.39 is 8.56 Å². The van der Waals surface area contributed by atoms with Crippen molar-refractivity contribution in [2.45, 2.75) is 77.8 Å². The lowest BCUT2D eigenvalue weighted by Crippen LogP contribution is -2.41. The Morgan fingerprint density at radius 1 is 0.737 bits per heavy atom. The molecule has 0 aliphatic carbocycles. The molecule has 3 nitrogen and oxygen atoms in total. The van der Waals surface area contributed by atoms with Gasteiger partial charge in [-0.1, -0.05) is 45.4 Å². The highest BCUT2D eigenvalue weighted by Crippen LogP contribution is 2.23. The fourth-order valence-corrected chi connectivity index (χ4v) is 5.49. The third kappa shape index (κ3) is 9.60. The first-order valence-electron chi connectivity index (χ1n) is 8.22. The van der Waals surface area contributed by atoms with Crippen molar-refractivity contribution in [3.8, 4) is 0 Å². The summed E-state index contributed by atoms with van der Waals surface area (Å²) in [6, 6.07) is 2.24. The van der Waals surface area contributed by atoms with Crippen LogP contribution >= 0.6 is 0 Å². The van der Waals surface area contributed by atoms with Gasteiger partial charge in [-0.2, -0.15) is 0 Å². The minimum atomic E-state index is -1.87. The normalized spacial score (nSPS) is 12.0. The van der Waals surface area contributed by atoms with Crippen LogP contribution in [-0.2, 0) is 8.85 Å². The van der Waals surface area contributed by atoms with Crippen molar-refractivity contribution in [1.82, 2.24) is 0 Å². The lowest BCUT2D eigenvalue weighted by molar-refractivity contribution is 0.182. The van der Waals surface area contributed by atoms with Crippen molar-refractivity contribution >= 4 is 8.56 Å². The molecule has 116 valence electrons. The second-order valence-electron chi connectivity index (χ2n) is 5.14. The lowest BCUT2D eigenvalue weighted by Gasteiger charge is -2.28. The highest BCUT2D eigenvalue weighted by Gasteiger charge is 2.33. The Morgan fingerprint density at radius 2 is 1.21 bits per heavy atom. The highest BCUT2D eigenvalue weighted by atomic mass is 28.4. The molecule has 0 radical (unpaired) electrons. The van der Waals surface area contributed by atoms with Gasteiger partial charge in [0.2, 0.25) is 0 Å². The first-order chi connectivity index (χ1) is 9.24. The number of rotatable bonds is 14. The van der Waals surface area contributed by atoms with E-state index in [-0.39, 0.29) is 0 Å². The van der Waals surface area contributed by atoms with Gasteiger partial charge in [-0.3, -0.25) is 0 Å². The van der Waals surface area contributed by atoms with Crippen molar-refractivity contribution < 1.29 is 8.85 Å². The van der Waals surface area contributed by atoms with Crippen LogP contribution in [0, 0.1) is 0 Å². The van der Waals surface area contributed by atoms with Crippen LogP contribution in [0.3, 0.4) is 0 Å². The molecule has 0 amide bonds. The number of nitrogens with two attached hydrogens (primary N) is 1. The molecule has 0 aromatic carbocycles. The van der Waals surface area contributed by atoms with E-state index >= 15 is 0 Å². The fraction of sp³-hybridized carbons (Fsp3) is 1.00. The molecule has 0 aromatic heterocycles. The van der Waals surface area contributed by atoms with Crippen LogP contribution in [0.5, 0.6) is 0 Å². The van der Waals surface area contributed by atoms with E-state index in [4.69, 9.17) is 14.6 Å². The molecule has 4 heteroatoms. The van der Waals surface area contributed by atoms with Gasteiger partial charge in [0.1, 0.15) is 0 Å². The molecule has 0 saturated carbocycles. The van der Waals surface area contributed by atoms with Gasteiger partial charge in [-0.05, 0) is 38.9 Å². The van der Waals surface area contributed by atoms with Crippen molar-refractivity contribution in [1.29, 1.82) is 0 Å². The van der Waals surface area contributed by atoms with Crippen molar-refractivity contribution in [2.75, 3.05) is 19.8 Å². The second-order valence-corrected chi connectivity index (χ2v) is 8.75. The average molecular weight is 290 g/mol. The maximum Gasteiger partial charge on any atom is 0.337 e. The molecule has 0 rings (SSSR count). The summed E-state index contributed by atoms with van der Waals surface area (Å²) in [6.07, 6.45) is 9.09. The van der Waals surface area contributed by atoms with E-state index in [0.29, 0.717) is 0 Å².